The van der Waals surface area contributed by atoms with E-state index >= 15 is 0 Å². The van der Waals surface area contributed by atoms with Gasteiger partial charge in [0.25, 0.3) is 0 Å². The molecule has 0 saturated heterocycles. The molecule has 0 radical (unpaired) electrons. The van der Waals surface area contributed by atoms with E-state index in [9.17, 15) is 12.8 Å². The summed E-state index contributed by atoms with van der Waals surface area (Å²) in [6.07, 6.45) is 1.15. The first-order valence-electron chi connectivity index (χ1n) is 9.13. The average Bonchev–Trinajstić information content (AvgIpc) is 2.65. The first-order valence-corrected chi connectivity index (χ1v) is 11.6. The van der Waals surface area contributed by atoms with Crippen LogP contribution in [0.2, 0.25) is 5.02 Å². The molecule has 0 aromatic heterocycles. The maximum Gasteiger partial charge on any atom is 0.191 e. The number of para-hydroxylation sites is 1. The number of nitrogens with zero attached hydrogens (tertiary/aromatic N) is 1. The summed E-state index contributed by atoms with van der Waals surface area (Å²) in [5.41, 5.74) is 1.07. The number of benzene rings is 2. The van der Waals surface area contributed by atoms with Crippen LogP contribution in [0.3, 0.4) is 0 Å². The number of hydrogen-bond donors (Lipinski definition) is 2. The Morgan fingerprint density at radius 1 is 1.17 bits per heavy atom. The Hall–Kier alpha value is -2.32. The monoisotopic (exact) mass is 441 g/mol. The van der Waals surface area contributed by atoms with Crippen molar-refractivity contribution < 1.29 is 17.5 Å². The summed E-state index contributed by atoms with van der Waals surface area (Å²) >= 11 is 6.05. The second kappa shape index (κ2) is 11.0. The minimum Gasteiger partial charge on any atom is -0.490 e. The SMILES string of the molecule is CCNC(=NCc1cc(F)ccc1CS(C)(=O)=O)NCCOc1ccccc1Cl. The van der Waals surface area contributed by atoms with Crippen LogP contribution in [-0.4, -0.2) is 40.3 Å². The number of rotatable bonds is 9. The van der Waals surface area contributed by atoms with Crippen molar-refractivity contribution in [2.75, 3.05) is 26.0 Å². The van der Waals surface area contributed by atoms with E-state index in [2.05, 4.69) is 15.6 Å². The van der Waals surface area contributed by atoms with Gasteiger partial charge in [0.2, 0.25) is 0 Å². The summed E-state index contributed by atoms with van der Waals surface area (Å²) in [5.74, 6) is 0.528. The van der Waals surface area contributed by atoms with E-state index in [1.54, 1.807) is 12.1 Å². The van der Waals surface area contributed by atoms with Crippen LogP contribution in [0.1, 0.15) is 18.1 Å². The minimum absolute atomic E-state index is 0.142. The van der Waals surface area contributed by atoms with Crippen LogP contribution < -0.4 is 15.4 Å². The average molecular weight is 442 g/mol. The lowest BCUT2D eigenvalue weighted by Crippen LogP contribution is -2.39. The largest absolute Gasteiger partial charge is 0.490 e. The maximum atomic E-state index is 13.6. The van der Waals surface area contributed by atoms with Crippen LogP contribution >= 0.6 is 11.6 Å². The Morgan fingerprint density at radius 3 is 2.62 bits per heavy atom. The zero-order chi connectivity index (χ0) is 21.3. The summed E-state index contributed by atoms with van der Waals surface area (Å²) in [6, 6.07) is 11.3. The first-order chi connectivity index (χ1) is 13.8. The summed E-state index contributed by atoms with van der Waals surface area (Å²) in [5, 5.41) is 6.75. The molecule has 158 valence electrons. The Bertz CT molecular complexity index is 952. The molecule has 0 atom stereocenters. The van der Waals surface area contributed by atoms with E-state index in [4.69, 9.17) is 16.3 Å². The minimum atomic E-state index is -3.24. The number of halogens is 2. The third-order valence-electron chi connectivity index (χ3n) is 3.83. The van der Waals surface area contributed by atoms with Gasteiger partial charge in [0, 0.05) is 12.8 Å². The summed E-state index contributed by atoms with van der Waals surface area (Å²) in [7, 11) is -3.24. The molecule has 0 bridgehead atoms. The Kier molecular flexibility index (Phi) is 8.72. The van der Waals surface area contributed by atoms with E-state index in [0.717, 1.165) is 6.26 Å². The molecule has 2 rings (SSSR count). The van der Waals surface area contributed by atoms with Gasteiger partial charge in [-0.15, -0.1) is 0 Å². The van der Waals surface area contributed by atoms with Gasteiger partial charge in [-0.25, -0.2) is 17.8 Å². The molecule has 2 aromatic carbocycles. The van der Waals surface area contributed by atoms with Gasteiger partial charge in [0.1, 0.15) is 18.2 Å². The van der Waals surface area contributed by atoms with Crippen LogP contribution in [0.5, 0.6) is 5.75 Å². The fourth-order valence-electron chi connectivity index (χ4n) is 2.56. The van der Waals surface area contributed by atoms with Crippen LogP contribution in [0.4, 0.5) is 4.39 Å². The molecule has 0 aliphatic rings. The van der Waals surface area contributed by atoms with Gasteiger partial charge in [-0.1, -0.05) is 29.8 Å². The van der Waals surface area contributed by atoms with Gasteiger partial charge < -0.3 is 15.4 Å². The lowest BCUT2D eigenvalue weighted by molar-refractivity contribution is 0.322. The summed E-state index contributed by atoms with van der Waals surface area (Å²) in [6.45, 7) is 3.54. The summed E-state index contributed by atoms with van der Waals surface area (Å²) in [4.78, 5) is 4.43. The highest BCUT2D eigenvalue weighted by atomic mass is 35.5. The predicted molar refractivity (Wildman–Crippen MR) is 115 cm³/mol. The lowest BCUT2D eigenvalue weighted by Gasteiger charge is -2.13. The van der Waals surface area contributed by atoms with Crippen LogP contribution in [-0.2, 0) is 22.1 Å². The summed E-state index contributed by atoms with van der Waals surface area (Å²) < 4.78 is 42.5. The molecular weight excluding hydrogens is 417 g/mol. The van der Waals surface area contributed by atoms with Gasteiger partial charge in [0.05, 0.1) is 23.9 Å². The second-order valence-corrected chi connectivity index (χ2v) is 8.93. The van der Waals surface area contributed by atoms with Crippen molar-refractivity contribution in [2.24, 2.45) is 4.99 Å². The number of aliphatic imine (C=N–C) groups is 1. The maximum absolute atomic E-state index is 13.6. The van der Waals surface area contributed by atoms with E-state index in [-0.39, 0.29) is 12.3 Å². The van der Waals surface area contributed by atoms with Gasteiger partial charge >= 0.3 is 0 Å². The highest BCUT2D eigenvalue weighted by Gasteiger charge is 2.11. The fourth-order valence-corrected chi connectivity index (χ4v) is 3.60. The standard InChI is InChI=1S/C20H25ClFN3O3S/c1-3-23-20(24-10-11-28-19-7-5-4-6-18(19)21)25-13-16-12-17(22)9-8-15(16)14-29(2,26)27/h4-9,12H,3,10-11,13-14H2,1-2H3,(H2,23,24,25). The smallest absolute Gasteiger partial charge is 0.191 e. The molecule has 2 aromatic rings. The van der Waals surface area contributed by atoms with Crippen LogP contribution in [0, 0.1) is 5.82 Å². The van der Waals surface area contributed by atoms with Gasteiger partial charge in [-0.2, -0.15) is 0 Å². The number of guanidine groups is 1. The molecule has 29 heavy (non-hydrogen) atoms. The number of ether oxygens (including phenoxy) is 1. The molecular formula is C20H25ClFN3O3S. The van der Waals surface area contributed by atoms with Crippen molar-refractivity contribution in [1.29, 1.82) is 0 Å². The zero-order valence-corrected chi connectivity index (χ0v) is 18.0. The van der Waals surface area contributed by atoms with Crippen molar-refractivity contribution in [3.8, 4) is 5.75 Å². The number of nitrogens with one attached hydrogen (secondary N) is 2. The normalized spacial score (nSPS) is 11.9. The molecule has 0 heterocycles. The van der Waals surface area contributed by atoms with Crippen molar-refractivity contribution >= 4 is 27.4 Å². The highest BCUT2D eigenvalue weighted by Crippen LogP contribution is 2.22. The molecule has 0 amide bonds. The number of hydrogen-bond acceptors (Lipinski definition) is 4. The fraction of sp³-hybridized carbons (Fsp3) is 0.350. The van der Waals surface area contributed by atoms with Crippen molar-refractivity contribution in [3.63, 3.8) is 0 Å². The predicted octanol–water partition coefficient (Wildman–Crippen LogP) is 3.16. The molecule has 0 aliphatic heterocycles. The van der Waals surface area contributed by atoms with Crippen LogP contribution in [0.25, 0.3) is 0 Å². The molecule has 0 saturated carbocycles. The Balaban J connectivity index is 2.00. The van der Waals surface area contributed by atoms with Crippen molar-refractivity contribution in [3.05, 3.63) is 64.4 Å². The quantitative estimate of drug-likeness (QED) is 0.355. The topological polar surface area (TPSA) is 79.8 Å². The van der Waals surface area contributed by atoms with Gasteiger partial charge in [-0.05, 0) is 42.3 Å². The molecule has 2 N–H and O–H groups in total. The van der Waals surface area contributed by atoms with Gasteiger partial charge in [0.15, 0.2) is 15.8 Å². The van der Waals surface area contributed by atoms with E-state index in [0.29, 0.717) is 47.6 Å². The van der Waals surface area contributed by atoms with E-state index in [1.807, 2.05) is 19.1 Å². The van der Waals surface area contributed by atoms with E-state index in [1.165, 1.54) is 18.2 Å². The lowest BCUT2D eigenvalue weighted by atomic mass is 10.1. The zero-order valence-electron chi connectivity index (χ0n) is 16.4. The third kappa shape index (κ3) is 8.29. The first kappa shape index (κ1) is 23.0. The molecule has 0 spiro atoms. The molecule has 0 unspecified atom stereocenters. The highest BCUT2D eigenvalue weighted by molar-refractivity contribution is 7.89. The Labute approximate surface area is 176 Å². The molecule has 0 aliphatic carbocycles. The van der Waals surface area contributed by atoms with Crippen molar-refractivity contribution in [1.82, 2.24) is 10.6 Å². The molecule has 9 heteroatoms. The van der Waals surface area contributed by atoms with Crippen molar-refractivity contribution in [2.45, 2.75) is 19.2 Å². The number of sulfone groups is 1. The van der Waals surface area contributed by atoms with Gasteiger partial charge in [-0.3, -0.25) is 0 Å². The Morgan fingerprint density at radius 2 is 1.93 bits per heavy atom. The third-order valence-corrected chi connectivity index (χ3v) is 4.97. The second-order valence-electron chi connectivity index (χ2n) is 6.38. The van der Waals surface area contributed by atoms with Crippen LogP contribution in [0.15, 0.2) is 47.5 Å². The van der Waals surface area contributed by atoms with E-state index < -0.39 is 15.7 Å². The molecule has 0 fully saturated rings. The molecule has 6 nitrogen and oxygen atoms in total.